The van der Waals surface area contributed by atoms with Gasteiger partial charge in [0.15, 0.2) is 5.82 Å². The molecule has 0 fully saturated rings. The molecule has 2 aromatic carbocycles. The zero-order valence-corrected chi connectivity index (χ0v) is 12.5. The van der Waals surface area contributed by atoms with Gasteiger partial charge < -0.3 is 5.73 Å². The fraction of sp³-hybridized carbons (Fsp3) is 0.133. The number of nitrogens with zero attached hydrogens (tertiary/aromatic N) is 4. The van der Waals surface area contributed by atoms with Gasteiger partial charge in [0, 0.05) is 5.56 Å². The first-order valence-corrected chi connectivity index (χ1v) is 6.85. The summed E-state index contributed by atoms with van der Waals surface area (Å²) in [5.74, 6) is 0.627. The summed E-state index contributed by atoms with van der Waals surface area (Å²) in [5.41, 5.74) is 10.3. The summed E-state index contributed by atoms with van der Waals surface area (Å²) in [6, 6.07) is 11.5. The van der Waals surface area contributed by atoms with E-state index in [1.54, 1.807) is 16.8 Å². The molecule has 0 aliphatic rings. The highest BCUT2D eigenvalue weighted by molar-refractivity contribution is 6.33. The molecule has 2 N–H and O–H groups in total. The Labute approximate surface area is 127 Å². The van der Waals surface area contributed by atoms with Crippen LogP contribution in [0.25, 0.3) is 17.1 Å². The fourth-order valence-corrected chi connectivity index (χ4v) is 2.46. The molecule has 1 heterocycles. The molecule has 0 unspecified atom stereocenters. The smallest absolute Gasteiger partial charge is 0.187 e. The van der Waals surface area contributed by atoms with Crippen molar-refractivity contribution >= 4 is 17.3 Å². The van der Waals surface area contributed by atoms with Gasteiger partial charge in [0.2, 0.25) is 0 Å². The van der Waals surface area contributed by atoms with Crippen LogP contribution in [0, 0.1) is 13.8 Å². The van der Waals surface area contributed by atoms with Crippen molar-refractivity contribution in [1.82, 2.24) is 20.2 Å². The van der Waals surface area contributed by atoms with Gasteiger partial charge in [0.1, 0.15) is 0 Å². The fourth-order valence-electron chi connectivity index (χ4n) is 2.28. The number of hydrogen-bond donors (Lipinski definition) is 1. The number of benzene rings is 2. The molecule has 0 aliphatic carbocycles. The number of aromatic nitrogens is 4. The van der Waals surface area contributed by atoms with E-state index < -0.39 is 0 Å². The lowest BCUT2D eigenvalue weighted by atomic mass is 10.1. The predicted octanol–water partition coefficient (Wildman–Crippen LogP) is 3.18. The summed E-state index contributed by atoms with van der Waals surface area (Å²) in [7, 11) is 0. The first-order chi connectivity index (χ1) is 10.0. The molecule has 21 heavy (non-hydrogen) atoms. The average Bonchev–Trinajstić information content (AvgIpc) is 2.90. The monoisotopic (exact) mass is 299 g/mol. The summed E-state index contributed by atoms with van der Waals surface area (Å²) in [6.07, 6.45) is 0. The number of nitrogens with two attached hydrogens (primary N) is 1. The Bertz CT molecular complexity index is 789. The lowest BCUT2D eigenvalue weighted by Crippen LogP contribution is -2.01. The highest BCUT2D eigenvalue weighted by Gasteiger charge is 2.12. The van der Waals surface area contributed by atoms with E-state index >= 15 is 0 Å². The standard InChI is InChI=1S/C15H14ClN5/c1-9-5-10(2)7-12(6-9)21-15(18-19-20-21)11-3-4-14(17)13(16)8-11/h3-8H,17H2,1-2H3. The number of hydrogen-bond acceptors (Lipinski definition) is 4. The second-order valence-corrected chi connectivity index (χ2v) is 5.40. The quantitative estimate of drug-likeness (QED) is 0.738. The molecule has 0 saturated carbocycles. The molecule has 1 aromatic heterocycles. The van der Waals surface area contributed by atoms with Crippen molar-refractivity contribution in [3.8, 4) is 17.1 Å². The molecular weight excluding hydrogens is 286 g/mol. The maximum absolute atomic E-state index is 6.08. The minimum absolute atomic E-state index is 0.488. The molecule has 0 bridgehead atoms. The van der Waals surface area contributed by atoms with Crippen LogP contribution in [0.3, 0.4) is 0 Å². The van der Waals surface area contributed by atoms with Crippen molar-refractivity contribution in [3.63, 3.8) is 0 Å². The molecule has 3 rings (SSSR count). The summed E-state index contributed by atoms with van der Waals surface area (Å²) in [6.45, 7) is 4.08. The average molecular weight is 300 g/mol. The number of tetrazole rings is 1. The largest absolute Gasteiger partial charge is 0.398 e. The van der Waals surface area contributed by atoms with Crippen LogP contribution in [0.5, 0.6) is 0 Å². The second kappa shape index (κ2) is 5.18. The molecule has 0 radical (unpaired) electrons. The number of nitrogen functional groups attached to an aromatic ring is 1. The third-order valence-corrected chi connectivity index (χ3v) is 3.51. The first kappa shape index (κ1) is 13.6. The summed E-state index contributed by atoms with van der Waals surface area (Å²) in [5, 5.41) is 12.4. The zero-order chi connectivity index (χ0) is 15.0. The van der Waals surface area contributed by atoms with Gasteiger partial charge in [0.05, 0.1) is 16.4 Å². The van der Waals surface area contributed by atoms with Gasteiger partial charge in [0.25, 0.3) is 0 Å². The van der Waals surface area contributed by atoms with Gasteiger partial charge in [-0.2, -0.15) is 4.68 Å². The molecule has 5 nitrogen and oxygen atoms in total. The van der Waals surface area contributed by atoms with Crippen LogP contribution in [-0.2, 0) is 0 Å². The Morgan fingerprint density at radius 1 is 1.05 bits per heavy atom. The third kappa shape index (κ3) is 2.60. The van der Waals surface area contributed by atoms with Crippen LogP contribution in [0.4, 0.5) is 5.69 Å². The summed E-state index contributed by atoms with van der Waals surface area (Å²) >= 11 is 6.08. The zero-order valence-electron chi connectivity index (χ0n) is 11.7. The third-order valence-electron chi connectivity index (χ3n) is 3.18. The van der Waals surface area contributed by atoms with E-state index in [9.17, 15) is 0 Å². The minimum Gasteiger partial charge on any atom is -0.398 e. The normalized spacial score (nSPS) is 10.8. The number of rotatable bonds is 2. The topological polar surface area (TPSA) is 69.6 Å². The highest BCUT2D eigenvalue weighted by Crippen LogP contribution is 2.27. The number of halogens is 1. The number of anilines is 1. The molecular formula is C15H14ClN5. The Balaban J connectivity index is 2.14. The Kier molecular flexibility index (Phi) is 3.35. The lowest BCUT2D eigenvalue weighted by molar-refractivity contribution is 0.790. The van der Waals surface area contributed by atoms with Gasteiger partial charge in [-0.3, -0.25) is 0 Å². The lowest BCUT2D eigenvalue weighted by Gasteiger charge is -2.08. The van der Waals surface area contributed by atoms with Gasteiger partial charge >= 0.3 is 0 Å². The van der Waals surface area contributed by atoms with Crippen LogP contribution in [0.15, 0.2) is 36.4 Å². The van der Waals surface area contributed by atoms with E-state index in [2.05, 4.69) is 21.6 Å². The second-order valence-electron chi connectivity index (χ2n) is 5.00. The van der Waals surface area contributed by atoms with E-state index in [0.717, 1.165) is 22.4 Å². The molecule has 0 atom stereocenters. The Morgan fingerprint density at radius 2 is 1.76 bits per heavy atom. The SMILES string of the molecule is Cc1cc(C)cc(-n2nnnc2-c2ccc(N)c(Cl)c2)c1. The summed E-state index contributed by atoms with van der Waals surface area (Å²) in [4.78, 5) is 0. The Hall–Kier alpha value is -2.40. The van der Waals surface area contributed by atoms with Crippen molar-refractivity contribution in [2.75, 3.05) is 5.73 Å². The van der Waals surface area contributed by atoms with Crippen LogP contribution >= 0.6 is 11.6 Å². The van der Waals surface area contributed by atoms with E-state index in [1.807, 2.05) is 32.0 Å². The van der Waals surface area contributed by atoms with Gasteiger partial charge in [-0.15, -0.1) is 5.10 Å². The van der Waals surface area contributed by atoms with Crippen molar-refractivity contribution in [3.05, 3.63) is 52.5 Å². The van der Waals surface area contributed by atoms with E-state index in [0.29, 0.717) is 16.5 Å². The van der Waals surface area contributed by atoms with E-state index in [1.165, 1.54) is 0 Å². The minimum atomic E-state index is 0.488. The molecule has 0 aliphatic heterocycles. The van der Waals surface area contributed by atoms with Crippen molar-refractivity contribution in [1.29, 1.82) is 0 Å². The molecule has 0 spiro atoms. The van der Waals surface area contributed by atoms with Gasteiger partial charge in [-0.1, -0.05) is 17.7 Å². The predicted molar refractivity (Wildman–Crippen MR) is 83.5 cm³/mol. The van der Waals surface area contributed by atoms with Crippen molar-refractivity contribution in [2.45, 2.75) is 13.8 Å². The van der Waals surface area contributed by atoms with Crippen LogP contribution in [0.2, 0.25) is 5.02 Å². The van der Waals surface area contributed by atoms with Crippen LogP contribution in [0.1, 0.15) is 11.1 Å². The van der Waals surface area contributed by atoms with E-state index in [4.69, 9.17) is 17.3 Å². The molecule has 0 amide bonds. The maximum atomic E-state index is 6.08. The van der Waals surface area contributed by atoms with E-state index in [-0.39, 0.29) is 0 Å². The van der Waals surface area contributed by atoms with Gasteiger partial charge in [-0.25, -0.2) is 0 Å². The Morgan fingerprint density at radius 3 is 2.43 bits per heavy atom. The molecule has 6 heteroatoms. The highest BCUT2D eigenvalue weighted by atomic mass is 35.5. The molecule has 0 saturated heterocycles. The van der Waals surface area contributed by atoms with Crippen molar-refractivity contribution < 1.29 is 0 Å². The summed E-state index contributed by atoms with van der Waals surface area (Å²) < 4.78 is 1.70. The number of aryl methyl sites for hydroxylation is 2. The molecule has 106 valence electrons. The van der Waals surface area contributed by atoms with Crippen LogP contribution in [-0.4, -0.2) is 20.2 Å². The molecule has 3 aromatic rings. The first-order valence-electron chi connectivity index (χ1n) is 6.47. The van der Waals surface area contributed by atoms with Crippen molar-refractivity contribution in [2.24, 2.45) is 0 Å². The van der Waals surface area contributed by atoms with Crippen LogP contribution < -0.4 is 5.73 Å². The van der Waals surface area contributed by atoms with Gasteiger partial charge in [-0.05, 0) is 65.7 Å². The maximum Gasteiger partial charge on any atom is 0.187 e.